The van der Waals surface area contributed by atoms with Crippen LogP contribution in [0.1, 0.15) is 34.3 Å². The van der Waals surface area contributed by atoms with Crippen molar-refractivity contribution in [2.45, 2.75) is 25.0 Å². The molecule has 3 aliphatic heterocycles. The number of hydrogen-bond donors (Lipinski definition) is 0. The molecule has 0 saturated carbocycles. The van der Waals surface area contributed by atoms with E-state index in [0.29, 0.717) is 34.5 Å². The molecular formula is C18H14O7. The molecule has 7 heteroatoms. The third-order valence-corrected chi connectivity index (χ3v) is 5.02. The fourth-order valence-electron chi connectivity index (χ4n) is 3.89. The van der Waals surface area contributed by atoms with Gasteiger partial charge in [-0.1, -0.05) is 0 Å². The highest BCUT2D eigenvalue weighted by Gasteiger charge is 2.50. The molecule has 0 amide bonds. The summed E-state index contributed by atoms with van der Waals surface area (Å²) in [5.41, 5.74) is 0.928. The van der Waals surface area contributed by atoms with Crippen LogP contribution in [-0.4, -0.2) is 25.5 Å². The van der Waals surface area contributed by atoms with E-state index in [0.717, 1.165) is 5.56 Å². The van der Waals surface area contributed by atoms with Gasteiger partial charge in [-0.25, -0.2) is 9.59 Å². The molecule has 0 N–H and O–H groups in total. The van der Waals surface area contributed by atoms with Crippen molar-refractivity contribution in [3.8, 4) is 11.5 Å². The summed E-state index contributed by atoms with van der Waals surface area (Å²) in [6.45, 7) is 2.04. The molecule has 128 valence electrons. The van der Waals surface area contributed by atoms with Gasteiger partial charge in [0.25, 0.3) is 5.79 Å². The summed E-state index contributed by atoms with van der Waals surface area (Å²) in [7, 11) is 1.52. The number of fused-ring (bicyclic) bond motifs is 7. The summed E-state index contributed by atoms with van der Waals surface area (Å²) < 4.78 is 27.6. The van der Waals surface area contributed by atoms with Crippen molar-refractivity contribution >= 4 is 16.9 Å². The van der Waals surface area contributed by atoms with Crippen LogP contribution < -0.4 is 15.1 Å². The van der Waals surface area contributed by atoms with E-state index in [2.05, 4.69) is 0 Å². The molecule has 0 aliphatic carbocycles. The first-order chi connectivity index (χ1) is 12.0. The molecule has 3 aliphatic rings. The lowest BCUT2D eigenvalue weighted by Crippen LogP contribution is -2.32. The molecule has 2 atom stereocenters. The van der Waals surface area contributed by atoms with Gasteiger partial charge in [-0.3, -0.25) is 0 Å². The predicted octanol–water partition coefficient (Wildman–Crippen LogP) is 2.25. The fraction of sp³-hybridized carbons (Fsp3) is 0.333. The average Bonchev–Trinajstić information content (AvgIpc) is 3.07. The first kappa shape index (κ1) is 14.4. The molecule has 2 unspecified atom stereocenters. The van der Waals surface area contributed by atoms with Crippen molar-refractivity contribution < 1.29 is 28.2 Å². The van der Waals surface area contributed by atoms with E-state index in [9.17, 15) is 9.59 Å². The quantitative estimate of drug-likeness (QED) is 0.580. The standard InChI is InChI=1S/C18H14O7/c1-18-9(4-6-23-18)14-11(25-18)7-10(21-2)12-8-3-5-22-16(19)13(8)17(20)24-15(12)14/h4,6-7,9H,3,5H2,1-2H3. The molecule has 0 spiro atoms. The van der Waals surface area contributed by atoms with Crippen molar-refractivity contribution in [3.05, 3.63) is 45.5 Å². The summed E-state index contributed by atoms with van der Waals surface area (Å²) in [6, 6.07) is 1.75. The molecule has 1 aromatic heterocycles. The molecule has 0 saturated heterocycles. The monoisotopic (exact) mass is 342 g/mol. The lowest BCUT2D eigenvalue weighted by Gasteiger charge is -2.22. The van der Waals surface area contributed by atoms with Crippen LogP contribution in [0.25, 0.3) is 11.0 Å². The van der Waals surface area contributed by atoms with Crippen LogP contribution in [0.15, 0.2) is 27.6 Å². The van der Waals surface area contributed by atoms with Crippen molar-refractivity contribution in [2.75, 3.05) is 13.7 Å². The second kappa shape index (κ2) is 4.56. The number of rotatable bonds is 1. The van der Waals surface area contributed by atoms with Gasteiger partial charge < -0.3 is 23.4 Å². The van der Waals surface area contributed by atoms with Crippen molar-refractivity contribution in [1.29, 1.82) is 0 Å². The zero-order valence-electron chi connectivity index (χ0n) is 13.6. The highest BCUT2D eigenvalue weighted by molar-refractivity contribution is 6.01. The Morgan fingerprint density at radius 2 is 2.16 bits per heavy atom. The van der Waals surface area contributed by atoms with Crippen LogP contribution in [0, 0.1) is 0 Å². The van der Waals surface area contributed by atoms with Crippen molar-refractivity contribution in [2.24, 2.45) is 0 Å². The average molecular weight is 342 g/mol. The Labute approximate surface area is 141 Å². The number of esters is 1. The van der Waals surface area contributed by atoms with Crippen LogP contribution >= 0.6 is 0 Å². The van der Waals surface area contributed by atoms with Crippen LogP contribution in [0.2, 0.25) is 0 Å². The minimum absolute atomic E-state index is 0.0584. The minimum atomic E-state index is -0.880. The second-order valence-corrected chi connectivity index (χ2v) is 6.37. The van der Waals surface area contributed by atoms with E-state index in [-0.39, 0.29) is 18.1 Å². The first-order valence-corrected chi connectivity index (χ1v) is 7.94. The molecule has 5 rings (SSSR count). The maximum Gasteiger partial charge on any atom is 0.351 e. The Bertz CT molecular complexity index is 1030. The van der Waals surface area contributed by atoms with Crippen LogP contribution in [0.3, 0.4) is 0 Å². The third kappa shape index (κ3) is 1.70. The van der Waals surface area contributed by atoms with E-state index >= 15 is 0 Å². The van der Waals surface area contributed by atoms with Gasteiger partial charge in [-0.05, 0) is 11.6 Å². The maximum absolute atomic E-state index is 12.5. The van der Waals surface area contributed by atoms with Gasteiger partial charge in [0.1, 0.15) is 22.6 Å². The summed E-state index contributed by atoms with van der Waals surface area (Å²) in [5, 5.41) is 0.612. The third-order valence-electron chi connectivity index (χ3n) is 5.02. The number of carbonyl (C=O) groups excluding carboxylic acids is 1. The van der Waals surface area contributed by atoms with Gasteiger partial charge in [0.05, 0.1) is 36.8 Å². The van der Waals surface area contributed by atoms with Crippen LogP contribution in [-0.2, 0) is 15.9 Å². The van der Waals surface area contributed by atoms with Gasteiger partial charge >= 0.3 is 11.6 Å². The van der Waals surface area contributed by atoms with E-state index in [4.69, 9.17) is 23.4 Å². The number of benzene rings is 1. The highest BCUT2D eigenvalue weighted by Crippen LogP contribution is 2.54. The lowest BCUT2D eigenvalue weighted by atomic mass is 9.90. The topological polar surface area (TPSA) is 84.2 Å². The normalized spacial score (nSPS) is 25.7. The molecule has 0 radical (unpaired) electrons. The number of methoxy groups -OCH3 is 1. The van der Waals surface area contributed by atoms with Crippen molar-refractivity contribution in [1.82, 2.24) is 0 Å². The van der Waals surface area contributed by atoms with Gasteiger partial charge in [0, 0.05) is 19.4 Å². The molecule has 2 aromatic rings. The van der Waals surface area contributed by atoms with E-state index in [1.165, 1.54) is 7.11 Å². The molecule has 0 fully saturated rings. The summed E-state index contributed by atoms with van der Waals surface area (Å²) in [4.78, 5) is 24.5. The Kier molecular flexibility index (Phi) is 2.63. The molecule has 0 bridgehead atoms. The highest BCUT2D eigenvalue weighted by atomic mass is 16.7. The Balaban J connectivity index is 1.93. The number of hydrogen-bond acceptors (Lipinski definition) is 7. The Morgan fingerprint density at radius 1 is 1.32 bits per heavy atom. The van der Waals surface area contributed by atoms with E-state index in [1.54, 1.807) is 12.3 Å². The van der Waals surface area contributed by atoms with E-state index < -0.39 is 17.4 Å². The second-order valence-electron chi connectivity index (χ2n) is 6.37. The molecule has 7 nitrogen and oxygen atoms in total. The Hall–Kier alpha value is -2.96. The van der Waals surface area contributed by atoms with Gasteiger partial charge in [0.15, 0.2) is 0 Å². The zero-order chi connectivity index (χ0) is 17.3. The summed E-state index contributed by atoms with van der Waals surface area (Å²) in [5.74, 6) is -0.731. The predicted molar refractivity (Wildman–Crippen MR) is 85.0 cm³/mol. The SMILES string of the molecule is COc1cc2c(c3oc(=O)c4c(c13)CCOC4=O)C1C=COC1(C)O2. The van der Waals surface area contributed by atoms with E-state index in [1.807, 2.05) is 13.0 Å². The maximum atomic E-state index is 12.5. The number of carbonyl (C=O) groups is 1. The van der Waals surface area contributed by atoms with Gasteiger partial charge in [0.2, 0.25) is 0 Å². The largest absolute Gasteiger partial charge is 0.496 e. The lowest BCUT2D eigenvalue weighted by molar-refractivity contribution is -0.107. The molecule has 4 heterocycles. The molecular weight excluding hydrogens is 328 g/mol. The Morgan fingerprint density at radius 3 is 2.96 bits per heavy atom. The van der Waals surface area contributed by atoms with Gasteiger partial charge in [-0.2, -0.15) is 0 Å². The van der Waals surface area contributed by atoms with Crippen LogP contribution in [0.4, 0.5) is 0 Å². The smallest absolute Gasteiger partial charge is 0.351 e. The zero-order valence-corrected chi connectivity index (χ0v) is 13.6. The van der Waals surface area contributed by atoms with Gasteiger partial charge in [-0.15, -0.1) is 0 Å². The summed E-state index contributed by atoms with van der Waals surface area (Å²) >= 11 is 0. The van der Waals surface area contributed by atoms with Crippen LogP contribution in [0.5, 0.6) is 11.5 Å². The molecule has 1 aromatic carbocycles. The summed E-state index contributed by atoms with van der Waals surface area (Å²) in [6.07, 6.45) is 3.87. The number of cyclic esters (lactones) is 1. The molecule has 25 heavy (non-hydrogen) atoms. The first-order valence-electron chi connectivity index (χ1n) is 7.94. The minimum Gasteiger partial charge on any atom is -0.496 e. The van der Waals surface area contributed by atoms with Crippen molar-refractivity contribution in [3.63, 3.8) is 0 Å². The number of ether oxygens (including phenoxy) is 4. The fourth-order valence-corrected chi connectivity index (χ4v) is 3.89.